The summed E-state index contributed by atoms with van der Waals surface area (Å²) in [4.78, 5) is 39.7. The van der Waals surface area contributed by atoms with Gasteiger partial charge in [-0.25, -0.2) is 9.59 Å². The summed E-state index contributed by atoms with van der Waals surface area (Å²) >= 11 is 12.6. The molecule has 0 aromatic heterocycles. The van der Waals surface area contributed by atoms with Crippen LogP contribution < -0.4 is 25.4 Å². The number of nitrogens with zero attached hydrogens (tertiary/aromatic N) is 3. The summed E-state index contributed by atoms with van der Waals surface area (Å²) in [5.74, 6) is -0.797. The van der Waals surface area contributed by atoms with Crippen molar-refractivity contribution < 1.29 is 29.5 Å². The molecule has 5 aromatic carbocycles. The van der Waals surface area contributed by atoms with Gasteiger partial charge in [0.05, 0.1) is 33.5 Å². The number of phenols is 2. The number of anilines is 4. The van der Waals surface area contributed by atoms with Gasteiger partial charge in [0.1, 0.15) is 28.6 Å². The van der Waals surface area contributed by atoms with Gasteiger partial charge in [0.15, 0.2) is 0 Å². The summed E-state index contributed by atoms with van der Waals surface area (Å²) in [7, 11) is 1.39. The highest BCUT2D eigenvalue weighted by atomic mass is 35.5. The molecule has 238 valence electrons. The maximum absolute atomic E-state index is 14.3. The van der Waals surface area contributed by atoms with Crippen LogP contribution in [0.2, 0.25) is 10.0 Å². The molecule has 0 atom stereocenters. The topological polar surface area (TPSA) is 158 Å². The number of carbonyl (C=O) groups is 2. The van der Waals surface area contributed by atoms with E-state index in [2.05, 4.69) is 10.6 Å². The molecule has 0 radical (unpaired) electrons. The van der Waals surface area contributed by atoms with Gasteiger partial charge in [0.25, 0.3) is 5.69 Å². The van der Waals surface area contributed by atoms with Gasteiger partial charge >= 0.3 is 12.1 Å². The summed E-state index contributed by atoms with van der Waals surface area (Å²) in [6, 6.07) is 24.9. The molecule has 0 aliphatic heterocycles. The molecule has 5 rings (SSSR count). The fourth-order valence-corrected chi connectivity index (χ4v) is 5.00. The minimum atomic E-state index is -1.08. The van der Waals surface area contributed by atoms with Crippen LogP contribution in [-0.2, 0) is 0 Å². The number of methoxy groups -OCH3 is 1. The number of phenolic OH excluding ortho intramolecular Hbond substituents is 2. The van der Waals surface area contributed by atoms with Crippen molar-refractivity contribution in [2.45, 2.75) is 0 Å². The molecule has 0 spiro atoms. The average Bonchev–Trinajstić information content (AvgIpc) is 3.07. The number of amides is 4. The van der Waals surface area contributed by atoms with Crippen LogP contribution in [0, 0.1) is 10.1 Å². The lowest BCUT2D eigenvalue weighted by molar-refractivity contribution is -0.384. The van der Waals surface area contributed by atoms with Crippen LogP contribution in [0.4, 0.5) is 38.0 Å². The van der Waals surface area contributed by atoms with Crippen molar-refractivity contribution in [2.24, 2.45) is 0 Å². The lowest BCUT2D eigenvalue weighted by atomic mass is 10.0. The Morgan fingerprint density at radius 3 is 2.09 bits per heavy atom. The minimum Gasteiger partial charge on any atom is -0.506 e. The number of halogens is 2. The van der Waals surface area contributed by atoms with E-state index in [1.165, 1.54) is 43.5 Å². The van der Waals surface area contributed by atoms with Crippen LogP contribution in [0.25, 0.3) is 11.1 Å². The first-order valence-corrected chi connectivity index (χ1v) is 14.5. The van der Waals surface area contributed by atoms with E-state index in [4.69, 9.17) is 27.9 Å². The molecule has 47 heavy (non-hydrogen) atoms. The first-order valence-electron chi connectivity index (χ1n) is 13.7. The fourth-order valence-electron chi connectivity index (χ4n) is 4.65. The number of nitro groups is 1. The zero-order chi connectivity index (χ0) is 33.7. The van der Waals surface area contributed by atoms with Crippen LogP contribution in [0.5, 0.6) is 17.2 Å². The number of nitro benzene ring substituents is 1. The maximum Gasteiger partial charge on any atom is 0.346 e. The van der Waals surface area contributed by atoms with Crippen molar-refractivity contribution in [3.63, 3.8) is 0 Å². The number of ether oxygens (including phenoxy) is 1. The molecular weight excluding hydrogens is 649 g/mol. The smallest absolute Gasteiger partial charge is 0.346 e. The molecule has 0 fully saturated rings. The summed E-state index contributed by atoms with van der Waals surface area (Å²) in [5, 5.41) is 41.2. The largest absolute Gasteiger partial charge is 0.506 e. The van der Waals surface area contributed by atoms with E-state index in [1.54, 1.807) is 54.6 Å². The molecule has 0 aliphatic carbocycles. The number of carbonyl (C=O) groups excluding carboxylic acids is 2. The Hall–Kier alpha value is -5.98. The van der Waals surface area contributed by atoms with Crippen molar-refractivity contribution in [1.29, 1.82) is 0 Å². The Kier molecular flexibility index (Phi) is 9.64. The number of non-ortho nitro benzene ring substituents is 1. The van der Waals surface area contributed by atoms with Gasteiger partial charge < -0.3 is 25.6 Å². The second-order valence-electron chi connectivity index (χ2n) is 9.76. The number of aromatic hydroxyl groups is 2. The predicted molar refractivity (Wildman–Crippen MR) is 181 cm³/mol. The molecular formula is C33H25Cl2N5O7. The summed E-state index contributed by atoms with van der Waals surface area (Å²) in [5.41, 5.74) is -0.167. The van der Waals surface area contributed by atoms with Gasteiger partial charge in [-0.05, 0) is 42.0 Å². The standard InChI is InChI=1S/C33H25Cl2N5O7/c1-47-29-16-6-5-13-24(29)36-32(43)39(27-19-21(40(45)46)17-18-28(27)41)38(33(44)37-25-14-8-12-23(34)30(25)35)26-15-7-11-22(31(26)42)20-9-3-2-4-10-20/h2-19,41-42H,1H3,(H,36,43)(H,37,44). The minimum absolute atomic E-state index is 0.0204. The van der Waals surface area contributed by atoms with Crippen LogP contribution in [0.3, 0.4) is 0 Å². The van der Waals surface area contributed by atoms with Crippen LogP contribution in [0.1, 0.15) is 0 Å². The third kappa shape index (κ3) is 6.83. The quantitative estimate of drug-likeness (QED) is 0.0993. The monoisotopic (exact) mass is 673 g/mol. The van der Waals surface area contributed by atoms with Crippen molar-refractivity contribution in [1.82, 2.24) is 0 Å². The number of para-hydroxylation sites is 3. The van der Waals surface area contributed by atoms with E-state index in [0.29, 0.717) is 15.6 Å². The molecule has 0 heterocycles. The number of rotatable bonds is 7. The Balaban J connectivity index is 1.76. The van der Waals surface area contributed by atoms with E-state index in [1.807, 2.05) is 0 Å². The molecule has 0 bridgehead atoms. The summed E-state index contributed by atoms with van der Waals surface area (Å²) in [6.45, 7) is 0. The van der Waals surface area contributed by atoms with Crippen molar-refractivity contribution in [2.75, 3.05) is 27.8 Å². The number of hydrazine groups is 1. The molecule has 4 amide bonds. The fraction of sp³-hybridized carbons (Fsp3) is 0.0303. The van der Waals surface area contributed by atoms with Gasteiger partial charge in [-0.2, -0.15) is 10.0 Å². The molecule has 14 heteroatoms. The molecule has 0 saturated heterocycles. The Bertz CT molecular complexity index is 1980. The molecule has 4 N–H and O–H groups in total. The van der Waals surface area contributed by atoms with Gasteiger partial charge in [0.2, 0.25) is 0 Å². The highest BCUT2D eigenvalue weighted by Gasteiger charge is 2.35. The normalized spacial score (nSPS) is 10.5. The van der Waals surface area contributed by atoms with Crippen molar-refractivity contribution in [3.05, 3.63) is 129 Å². The molecule has 5 aromatic rings. The number of benzene rings is 5. The van der Waals surface area contributed by atoms with Crippen LogP contribution >= 0.6 is 23.2 Å². The second kappa shape index (κ2) is 14.0. The predicted octanol–water partition coefficient (Wildman–Crippen LogP) is 8.68. The first kappa shape index (κ1) is 32.4. The number of nitrogens with one attached hydrogen (secondary N) is 2. The lowest BCUT2D eigenvalue weighted by Gasteiger charge is -2.35. The molecule has 0 saturated carbocycles. The van der Waals surface area contributed by atoms with E-state index >= 15 is 0 Å². The van der Waals surface area contributed by atoms with Crippen molar-refractivity contribution in [3.8, 4) is 28.4 Å². The Morgan fingerprint density at radius 1 is 0.766 bits per heavy atom. The SMILES string of the molecule is COc1ccccc1NC(=O)N(c1cc([N+](=O)[O-])ccc1O)N(C(=O)Nc1cccc(Cl)c1Cl)c1cccc(-c2ccccc2)c1O. The highest BCUT2D eigenvalue weighted by molar-refractivity contribution is 6.44. The summed E-state index contributed by atoms with van der Waals surface area (Å²) in [6.07, 6.45) is 0. The average molecular weight is 674 g/mol. The number of hydrogen-bond donors (Lipinski definition) is 4. The third-order valence-electron chi connectivity index (χ3n) is 6.85. The van der Waals surface area contributed by atoms with Crippen molar-refractivity contribution >= 4 is 63.7 Å². The maximum atomic E-state index is 14.3. The zero-order valence-corrected chi connectivity index (χ0v) is 25.9. The molecule has 12 nitrogen and oxygen atoms in total. The van der Waals surface area contributed by atoms with Gasteiger partial charge in [0, 0.05) is 17.7 Å². The van der Waals surface area contributed by atoms with Gasteiger partial charge in [-0.3, -0.25) is 10.1 Å². The van der Waals surface area contributed by atoms with Crippen LogP contribution in [0.15, 0.2) is 109 Å². The van der Waals surface area contributed by atoms with E-state index < -0.39 is 39.9 Å². The van der Waals surface area contributed by atoms with E-state index in [0.717, 1.165) is 18.2 Å². The van der Waals surface area contributed by atoms with Crippen LogP contribution in [-0.4, -0.2) is 34.3 Å². The Labute approximate surface area is 278 Å². The second-order valence-corrected chi connectivity index (χ2v) is 10.5. The van der Waals surface area contributed by atoms with Gasteiger partial charge in [-0.15, -0.1) is 0 Å². The zero-order valence-electron chi connectivity index (χ0n) is 24.4. The molecule has 0 aliphatic rings. The van der Waals surface area contributed by atoms with E-state index in [-0.39, 0.29) is 38.4 Å². The van der Waals surface area contributed by atoms with Gasteiger partial charge in [-0.1, -0.05) is 83.9 Å². The van der Waals surface area contributed by atoms with E-state index in [9.17, 15) is 29.9 Å². The first-order chi connectivity index (χ1) is 22.6. The summed E-state index contributed by atoms with van der Waals surface area (Å²) < 4.78 is 5.35. The number of hydrogen-bond acceptors (Lipinski definition) is 7. The Morgan fingerprint density at radius 2 is 1.38 bits per heavy atom. The lowest BCUT2D eigenvalue weighted by Crippen LogP contribution is -2.54. The third-order valence-corrected chi connectivity index (χ3v) is 7.67. The molecule has 0 unspecified atom stereocenters. The number of urea groups is 2. The highest BCUT2D eigenvalue weighted by Crippen LogP contribution is 2.42.